The number of carbonyl (C=O) groups excluding carboxylic acids is 2. The number of hydrogen-bond acceptors (Lipinski definition) is 3. The second kappa shape index (κ2) is 4.60. The molecule has 6 atom stereocenters. The highest BCUT2D eigenvalue weighted by Gasteiger charge is 2.66. The predicted molar refractivity (Wildman–Crippen MR) is 86.5 cm³/mol. The van der Waals surface area contributed by atoms with Crippen LogP contribution < -0.4 is 5.32 Å². The molecule has 1 aromatic rings. The van der Waals surface area contributed by atoms with Gasteiger partial charge in [-0.1, -0.05) is 35.9 Å². The fourth-order valence-corrected chi connectivity index (χ4v) is 5.15. The van der Waals surface area contributed by atoms with E-state index in [0.29, 0.717) is 16.9 Å². The van der Waals surface area contributed by atoms with Crippen molar-refractivity contribution in [2.75, 3.05) is 12.0 Å². The van der Waals surface area contributed by atoms with Crippen molar-refractivity contribution in [1.29, 1.82) is 0 Å². The van der Waals surface area contributed by atoms with E-state index in [1.807, 2.05) is 18.2 Å². The lowest BCUT2D eigenvalue weighted by molar-refractivity contribution is -0.139. The molecule has 2 saturated carbocycles. The molecule has 4 nitrogen and oxygen atoms in total. The highest BCUT2D eigenvalue weighted by molar-refractivity contribution is 6.33. The van der Waals surface area contributed by atoms with Crippen LogP contribution in [-0.4, -0.2) is 23.4 Å². The van der Waals surface area contributed by atoms with Crippen LogP contribution in [0.3, 0.4) is 0 Å². The zero-order valence-electron chi connectivity index (χ0n) is 12.5. The summed E-state index contributed by atoms with van der Waals surface area (Å²) in [7, 11) is 0. The number of imide groups is 1. The molecule has 0 unspecified atom stereocenters. The lowest BCUT2D eigenvalue weighted by atomic mass is 9.63. The fraction of sp³-hybridized carbons (Fsp3) is 0.444. The Balaban J connectivity index is 1.38. The van der Waals surface area contributed by atoms with Gasteiger partial charge in [0.2, 0.25) is 11.8 Å². The number of benzene rings is 1. The molecule has 6 rings (SSSR count). The van der Waals surface area contributed by atoms with Gasteiger partial charge in [0.05, 0.1) is 29.2 Å². The van der Waals surface area contributed by atoms with Gasteiger partial charge in [0.15, 0.2) is 0 Å². The van der Waals surface area contributed by atoms with Gasteiger partial charge in [0.25, 0.3) is 0 Å². The third-order valence-electron chi connectivity index (χ3n) is 6.06. The molecule has 3 fully saturated rings. The summed E-state index contributed by atoms with van der Waals surface area (Å²) in [6.45, 7) is 0.198. The Morgan fingerprint density at radius 1 is 1.04 bits per heavy atom. The van der Waals surface area contributed by atoms with E-state index in [1.54, 1.807) is 6.07 Å². The number of nitrogens with one attached hydrogen (secondary N) is 1. The number of rotatable bonds is 3. The second-order valence-electron chi connectivity index (χ2n) is 7.07. The number of para-hydroxylation sites is 1. The van der Waals surface area contributed by atoms with Crippen molar-refractivity contribution in [3.63, 3.8) is 0 Å². The van der Waals surface area contributed by atoms with Crippen molar-refractivity contribution in [2.24, 2.45) is 35.5 Å². The first-order chi connectivity index (χ1) is 11.2. The molecule has 23 heavy (non-hydrogen) atoms. The number of anilines is 1. The molecule has 1 N–H and O–H groups in total. The van der Waals surface area contributed by atoms with Gasteiger partial charge in [0.1, 0.15) is 0 Å². The molecule has 4 aliphatic carbocycles. The molecule has 5 heteroatoms. The van der Waals surface area contributed by atoms with Crippen LogP contribution >= 0.6 is 11.6 Å². The topological polar surface area (TPSA) is 49.4 Å². The van der Waals surface area contributed by atoms with E-state index in [0.717, 1.165) is 5.69 Å². The normalized spacial score (nSPS) is 39.4. The minimum absolute atomic E-state index is 0.00995. The van der Waals surface area contributed by atoms with Crippen LogP contribution in [-0.2, 0) is 9.59 Å². The Labute approximate surface area is 139 Å². The lowest BCUT2D eigenvalue weighted by Crippen LogP contribution is -2.40. The van der Waals surface area contributed by atoms with Crippen molar-refractivity contribution >= 4 is 29.1 Å². The van der Waals surface area contributed by atoms with Gasteiger partial charge in [-0.2, -0.15) is 0 Å². The lowest BCUT2D eigenvalue weighted by Gasteiger charge is -2.37. The van der Waals surface area contributed by atoms with Crippen LogP contribution in [0.2, 0.25) is 5.02 Å². The quantitative estimate of drug-likeness (QED) is 0.685. The molecule has 0 spiro atoms. The molecule has 0 radical (unpaired) electrons. The number of nitrogens with zero attached hydrogens (tertiary/aromatic N) is 1. The van der Waals surface area contributed by atoms with Crippen LogP contribution in [0, 0.1) is 35.5 Å². The van der Waals surface area contributed by atoms with Gasteiger partial charge in [-0.3, -0.25) is 14.5 Å². The molecule has 1 aromatic carbocycles. The molecule has 118 valence electrons. The minimum Gasteiger partial charge on any atom is -0.366 e. The standard InChI is InChI=1S/C18H17ClN2O2/c19-13-3-1-2-4-14(13)20-8-21-17(22)15-9-5-6-10(12-7-11(9)12)16(15)18(21)23/h1-6,9-12,15-16,20H,7-8H2/t9-,10-,11-,12-,15-,16+/m0/s1. The maximum absolute atomic E-state index is 12.8. The molecule has 2 amide bonds. The smallest absolute Gasteiger partial charge is 0.235 e. The van der Waals surface area contributed by atoms with Crippen molar-refractivity contribution < 1.29 is 9.59 Å². The molecule has 5 aliphatic rings. The minimum atomic E-state index is -0.130. The maximum Gasteiger partial charge on any atom is 0.235 e. The van der Waals surface area contributed by atoms with E-state index in [1.165, 1.54) is 11.3 Å². The Bertz CT molecular complexity index is 710. The summed E-state index contributed by atoms with van der Waals surface area (Å²) in [6.07, 6.45) is 5.57. The molecular formula is C18H17ClN2O2. The summed E-state index contributed by atoms with van der Waals surface area (Å²) in [5, 5.41) is 3.72. The summed E-state index contributed by atoms with van der Waals surface area (Å²) in [5.74, 6) is 1.55. The van der Waals surface area contributed by atoms with E-state index < -0.39 is 0 Å². The largest absolute Gasteiger partial charge is 0.366 e. The van der Waals surface area contributed by atoms with Crippen molar-refractivity contribution in [3.05, 3.63) is 41.4 Å². The summed E-state index contributed by atoms with van der Waals surface area (Å²) >= 11 is 6.12. The first-order valence-corrected chi connectivity index (χ1v) is 8.56. The predicted octanol–water partition coefficient (Wildman–Crippen LogP) is 2.76. The summed E-state index contributed by atoms with van der Waals surface area (Å²) in [4.78, 5) is 27.0. The highest BCUT2D eigenvalue weighted by Crippen LogP contribution is 2.65. The van der Waals surface area contributed by atoms with E-state index in [9.17, 15) is 9.59 Å². The van der Waals surface area contributed by atoms with E-state index in [4.69, 9.17) is 11.6 Å². The average Bonchev–Trinajstić information content (AvgIpc) is 3.33. The molecular weight excluding hydrogens is 312 g/mol. The molecule has 1 heterocycles. The summed E-state index contributed by atoms with van der Waals surface area (Å²) < 4.78 is 0. The number of likely N-dealkylation sites (tertiary alicyclic amines) is 1. The van der Waals surface area contributed by atoms with E-state index >= 15 is 0 Å². The van der Waals surface area contributed by atoms with Crippen LogP contribution in [0.1, 0.15) is 6.42 Å². The summed E-state index contributed by atoms with van der Waals surface area (Å²) in [5.41, 5.74) is 0.744. The average molecular weight is 329 g/mol. The van der Waals surface area contributed by atoms with Gasteiger partial charge in [-0.25, -0.2) is 0 Å². The Morgan fingerprint density at radius 2 is 1.65 bits per heavy atom. The Kier molecular flexibility index (Phi) is 2.72. The Morgan fingerprint density at radius 3 is 2.26 bits per heavy atom. The van der Waals surface area contributed by atoms with Crippen molar-refractivity contribution in [3.8, 4) is 0 Å². The van der Waals surface area contributed by atoms with Gasteiger partial charge in [0, 0.05) is 0 Å². The van der Waals surface area contributed by atoms with Crippen molar-refractivity contribution in [2.45, 2.75) is 6.42 Å². The SMILES string of the molecule is O=C1[C@@H]2[C@H]3C=C[C@@H]([C@@H]4C[C@@H]34)[C@@H]2C(=O)N1CNc1ccccc1Cl. The third-order valence-corrected chi connectivity index (χ3v) is 6.39. The number of carbonyl (C=O) groups is 2. The number of hydrogen-bond donors (Lipinski definition) is 1. The third kappa shape index (κ3) is 1.78. The molecule has 1 saturated heterocycles. The van der Waals surface area contributed by atoms with Gasteiger partial charge in [-0.15, -0.1) is 0 Å². The second-order valence-corrected chi connectivity index (χ2v) is 7.48. The van der Waals surface area contributed by atoms with Gasteiger partial charge >= 0.3 is 0 Å². The zero-order chi connectivity index (χ0) is 15.7. The summed E-state index contributed by atoms with van der Waals surface area (Å²) in [6, 6.07) is 7.36. The van der Waals surface area contributed by atoms with E-state index in [-0.39, 0.29) is 42.2 Å². The van der Waals surface area contributed by atoms with Gasteiger partial charge < -0.3 is 5.32 Å². The zero-order valence-corrected chi connectivity index (χ0v) is 13.2. The van der Waals surface area contributed by atoms with Gasteiger partial charge in [-0.05, 0) is 42.2 Å². The van der Waals surface area contributed by atoms with Crippen LogP contribution in [0.4, 0.5) is 5.69 Å². The Hall–Kier alpha value is -1.81. The molecule has 1 aliphatic heterocycles. The first-order valence-electron chi connectivity index (χ1n) is 8.19. The highest BCUT2D eigenvalue weighted by atomic mass is 35.5. The molecule has 0 aromatic heterocycles. The van der Waals surface area contributed by atoms with Crippen LogP contribution in [0.15, 0.2) is 36.4 Å². The number of amides is 2. The van der Waals surface area contributed by atoms with Crippen LogP contribution in [0.5, 0.6) is 0 Å². The first kappa shape index (κ1) is 13.6. The number of allylic oxidation sites excluding steroid dienone is 2. The van der Waals surface area contributed by atoms with Crippen molar-refractivity contribution in [1.82, 2.24) is 4.90 Å². The monoisotopic (exact) mass is 328 g/mol. The van der Waals surface area contributed by atoms with Crippen LogP contribution in [0.25, 0.3) is 0 Å². The van der Waals surface area contributed by atoms with E-state index in [2.05, 4.69) is 17.5 Å². The molecule has 2 bridgehead atoms. The maximum atomic E-state index is 12.8. The number of halogens is 1. The fourth-order valence-electron chi connectivity index (χ4n) is 4.94.